The first-order valence-corrected chi connectivity index (χ1v) is 10.5. The van der Waals surface area contributed by atoms with E-state index in [0.717, 1.165) is 16.7 Å². The van der Waals surface area contributed by atoms with E-state index >= 15 is 0 Å². The minimum absolute atomic E-state index is 0.0457. The van der Waals surface area contributed by atoms with Crippen molar-refractivity contribution >= 4 is 17.8 Å². The maximum Gasteiger partial charge on any atom is 0.325 e. The molecule has 0 atom stereocenters. The quantitative estimate of drug-likeness (QED) is 0.753. The van der Waals surface area contributed by atoms with Crippen LogP contribution in [0.2, 0.25) is 0 Å². The van der Waals surface area contributed by atoms with Gasteiger partial charge in [-0.15, -0.1) is 0 Å². The molecule has 1 N–H and O–H groups in total. The summed E-state index contributed by atoms with van der Waals surface area (Å²) in [5.74, 6) is 0.321. The van der Waals surface area contributed by atoms with Gasteiger partial charge in [0, 0.05) is 13.1 Å². The smallest absolute Gasteiger partial charge is 0.325 e. The van der Waals surface area contributed by atoms with Crippen LogP contribution in [0.15, 0.2) is 48.5 Å². The van der Waals surface area contributed by atoms with Crippen LogP contribution in [0, 0.1) is 13.8 Å². The zero-order chi connectivity index (χ0) is 22.0. The van der Waals surface area contributed by atoms with E-state index < -0.39 is 5.54 Å². The van der Waals surface area contributed by atoms with E-state index in [1.165, 1.54) is 4.90 Å². The highest BCUT2D eigenvalue weighted by atomic mass is 16.5. The van der Waals surface area contributed by atoms with Crippen LogP contribution in [0.25, 0.3) is 0 Å². The van der Waals surface area contributed by atoms with Crippen molar-refractivity contribution in [2.75, 3.05) is 19.7 Å². The third-order valence-corrected chi connectivity index (χ3v) is 6.06. The molecule has 0 aromatic heterocycles. The summed E-state index contributed by atoms with van der Waals surface area (Å²) in [5.41, 5.74) is 2.24. The van der Waals surface area contributed by atoms with Crippen LogP contribution in [0.3, 0.4) is 0 Å². The Bertz CT molecular complexity index is 977. The number of likely N-dealkylation sites (tertiary alicyclic amines) is 1. The van der Waals surface area contributed by atoms with Gasteiger partial charge in [0.05, 0.1) is 6.54 Å². The molecule has 0 radical (unpaired) electrons. The van der Waals surface area contributed by atoms with Gasteiger partial charge in [-0.25, -0.2) is 4.79 Å². The normalized spacial score (nSPS) is 17.7. The van der Waals surface area contributed by atoms with Crippen LogP contribution in [0.4, 0.5) is 4.79 Å². The van der Waals surface area contributed by atoms with Crippen molar-refractivity contribution in [1.82, 2.24) is 15.1 Å². The van der Waals surface area contributed by atoms with Gasteiger partial charge in [-0.1, -0.05) is 47.5 Å². The van der Waals surface area contributed by atoms with Crippen molar-refractivity contribution in [2.45, 2.75) is 38.8 Å². The molecule has 2 aliphatic rings. The molecule has 1 spiro atoms. The van der Waals surface area contributed by atoms with Gasteiger partial charge in [0.25, 0.3) is 11.8 Å². The predicted octanol–water partition coefficient (Wildman–Crippen LogP) is 2.80. The van der Waals surface area contributed by atoms with E-state index in [9.17, 15) is 14.4 Å². The van der Waals surface area contributed by atoms with E-state index in [-0.39, 0.29) is 31.0 Å². The van der Waals surface area contributed by atoms with Crippen LogP contribution in [-0.4, -0.2) is 52.9 Å². The van der Waals surface area contributed by atoms with Crippen LogP contribution < -0.4 is 10.1 Å². The highest BCUT2D eigenvalue weighted by Gasteiger charge is 2.52. The number of hydrogen-bond acceptors (Lipinski definition) is 4. The molecule has 7 nitrogen and oxygen atoms in total. The molecule has 31 heavy (non-hydrogen) atoms. The Morgan fingerprint density at radius 2 is 1.55 bits per heavy atom. The molecule has 4 amide bonds. The van der Waals surface area contributed by atoms with Gasteiger partial charge in [0.15, 0.2) is 6.61 Å². The number of carbonyl (C=O) groups excluding carboxylic acids is 3. The van der Waals surface area contributed by atoms with E-state index in [2.05, 4.69) is 5.32 Å². The lowest BCUT2D eigenvalue weighted by atomic mass is 9.87. The van der Waals surface area contributed by atoms with Crippen molar-refractivity contribution in [3.63, 3.8) is 0 Å². The Morgan fingerprint density at radius 3 is 2.16 bits per heavy atom. The Morgan fingerprint density at radius 1 is 0.968 bits per heavy atom. The Balaban J connectivity index is 1.33. The number of nitrogens with one attached hydrogen (secondary N) is 1. The second kappa shape index (κ2) is 8.41. The summed E-state index contributed by atoms with van der Waals surface area (Å²) >= 11 is 0. The van der Waals surface area contributed by atoms with Crippen molar-refractivity contribution < 1.29 is 19.1 Å². The minimum atomic E-state index is -0.920. The molecule has 2 heterocycles. The van der Waals surface area contributed by atoms with Crippen molar-refractivity contribution in [2.24, 2.45) is 0 Å². The predicted molar refractivity (Wildman–Crippen MR) is 115 cm³/mol. The van der Waals surface area contributed by atoms with Gasteiger partial charge in [-0.3, -0.25) is 14.5 Å². The maximum absolute atomic E-state index is 13.1. The molecular weight excluding hydrogens is 394 g/mol. The van der Waals surface area contributed by atoms with Gasteiger partial charge in [0.1, 0.15) is 11.3 Å². The second-order valence-electron chi connectivity index (χ2n) is 8.37. The standard InChI is InChI=1S/C24H27N3O4/c1-17-3-7-19(8-4-17)15-27-22(29)24(25-23(27)30)11-13-26(14-12-24)21(28)16-31-20-9-5-18(2)6-10-20/h3-10H,11-16H2,1-2H3,(H,25,30). The molecule has 4 rings (SSSR count). The molecule has 0 bridgehead atoms. The van der Waals surface area contributed by atoms with Crippen molar-refractivity contribution in [3.8, 4) is 5.75 Å². The molecule has 2 aromatic rings. The summed E-state index contributed by atoms with van der Waals surface area (Å²) in [6.45, 7) is 4.99. The summed E-state index contributed by atoms with van der Waals surface area (Å²) in [6, 6.07) is 15.0. The topological polar surface area (TPSA) is 79.0 Å². The third kappa shape index (κ3) is 4.40. The number of aryl methyl sites for hydroxylation is 2. The number of nitrogens with zero attached hydrogens (tertiary/aromatic N) is 2. The van der Waals surface area contributed by atoms with Gasteiger partial charge >= 0.3 is 6.03 Å². The molecule has 2 aliphatic heterocycles. The molecule has 7 heteroatoms. The van der Waals surface area contributed by atoms with Crippen LogP contribution in [0.5, 0.6) is 5.75 Å². The number of ether oxygens (including phenoxy) is 1. The SMILES string of the molecule is Cc1ccc(CN2C(=O)NC3(CCN(C(=O)COc4ccc(C)cc4)CC3)C2=O)cc1. The first kappa shape index (κ1) is 20.9. The van der Waals surface area contributed by atoms with E-state index in [1.54, 1.807) is 4.90 Å². The lowest BCUT2D eigenvalue weighted by molar-refractivity contribution is -0.139. The number of piperidine rings is 1. The monoisotopic (exact) mass is 421 g/mol. The van der Waals surface area contributed by atoms with Crippen LogP contribution >= 0.6 is 0 Å². The Labute approximate surface area is 182 Å². The van der Waals surface area contributed by atoms with Gasteiger partial charge in [-0.05, 0) is 44.4 Å². The number of benzene rings is 2. The summed E-state index contributed by atoms with van der Waals surface area (Å²) in [4.78, 5) is 41.1. The average molecular weight is 421 g/mol. The molecule has 0 saturated carbocycles. The first-order chi connectivity index (χ1) is 14.9. The fourth-order valence-corrected chi connectivity index (χ4v) is 4.04. The van der Waals surface area contributed by atoms with Crippen LogP contribution in [0.1, 0.15) is 29.5 Å². The summed E-state index contributed by atoms with van der Waals surface area (Å²) in [7, 11) is 0. The largest absolute Gasteiger partial charge is 0.484 e. The maximum atomic E-state index is 13.1. The fourth-order valence-electron chi connectivity index (χ4n) is 4.04. The molecule has 2 aromatic carbocycles. The average Bonchev–Trinajstić information content (AvgIpc) is 2.99. The third-order valence-electron chi connectivity index (χ3n) is 6.06. The zero-order valence-corrected chi connectivity index (χ0v) is 17.9. The first-order valence-electron chi connectivity index (χ1n) is 10.5. The molecule has 2 fully saturated rings. The Hall–Kier alpha value is -3.35. The lowest BCUT2D eigenvalue weighted by Gasteiger charge is -2.37. The molecule has 0 unspecified atom stereocenters. The number of hydrogen-bond donors (Lipinski definition) is 1. The number of amides is 4. The lowest BCUT2D eigenvalue weighted by Crippen LogP contribution is -2.56. The molecule has 162 valence electrons. The number of imide groups is 1. The highest BCUT2D eigenvalue weighted by Crippen LogP contribution is 2.30. The summed E-state index contributed by atoms with van der Waals surface area (Å²) in [5, 5.41) is 2.89. The number of carbonyl (C=O) groups is 3. The van der Waals surface area contributed by atoms with Gasteiger partial charge in [0.2, 0.25) is 0 Å². The van der Waals surface area contributed by atoms with Crippen LogP contribution in [-0.2, 0) is 16.1 Å². The van der Waals surface area contributed by atoms with Crippen molar-refractivity contribution in [3.05, 3.63) is 65.2 Å². The molecule has 0 aliphatic carbocycles. The van der Waals surface area contributed by atoms with Crippen molar-refractivity contribution in [1.29, 1.82) is 0 Å². The summed E-state index contributed by atoms with van der Waals surface area (Å²) in [6.07, 6.45) is 0.802. The molecular formula is C24H27N3O4. The Kier molecular flexibility index (Phi) is 5.67. The summed E-state index contributed by atoms with van der Waals surface area (Å²) < 4.78 is 5.59. The van der Waals surface area contributed by atoms with Gasteiger partial charge < -0.3 is 15.0 Å². The minimum Gasteiger partial charge on any atom is -0.484 e. The fraction of sp³-hybridized carbons (Fsp3) is 0.375. The number of urea groups is 1. The van der Waals surface area contributed by atoms with E-state index in [4.69, 9.17) is 4.74 Å². The van der Waals surface area contributed by atoms with E-state index in [1.807, 2.05) is 62.4 Å². The van der Waals surface area contributed by atoms with Gasteiger partial charge in [-0.2, -0.15) is 0 Å². The molecule has 2 saturated heterocycles. The van der Waals surface area contributed by atoms with E-state index in [0.29, 0.717) is 31.7 Å². The highest BCUT2D eigenvalue weighted by molar-refractivity contribution is 6.07. The second-order valence-corrected chi connectivity index (χ2v) is 8.37. The number of rotatable bonds is 5. The zero-order valence-electron chi connectivity index (χ0n) is 17.9.